The van der Waals surface area contributed by atoms with Gasteiger partial charge in [0.2, 0.25) is 0 Å². The molecule has 1 aromatic carbocycles. The summed E-state index contributed by atoms with van der Waals surface area (Å²) in [5.74, 6) is 0.783. The van der Waals surface area contributed by atoms with Crippen LogP contribution in [-0.4, -0.2) is 13.2 Å². The lowest BCUT2D eigenvalue weighted by atomic mass is 9.87. The highest BCUT2D eigenvalue weighted by Crippen LogP contribution is 2.31. The Kier molecular flexibility index (Phi) is 7.41. The molecule has 0 unspecified atom stereocenters. The molecule has 3 N–H and O–H groups in total. The van der Waals surface area contributed by atoms with Crippen molar-refractivity contribution in [2.75, 3.05) is 24.2 Å². The van der Waals surface area contributed by atoms with E-state index in [9.17, 15) is 0 Å². The summed E-state index contributed by atoms with van der Waals surface area (Å²) in [4.78, 5) is 0. The second-order valence-corrected chi connectivity index (χ2v) is 6.54. The molecule has 0 atom stereocenters. The van der Waals surface area contributed by atoms with Gasteiger partial charge in [-0.2, -0.15) is 0 Å². The van der Waals surface area contributed by atoms with Crippen LogP contribution in [0.2, 0.25) is 0 Å². The van der Waals surface area contributed by atoms with Crippen molar-refractivity contribution < 1.29 is 4.74 Å². The van der Waals surface area contributed by atoms with Crippen molar-refractivity contribution in [3.05, 3.63) is 18.2 Å². The molecule has 0 fully saturated rings. The number of ether oxygens (including phenoxy) is 1. The Morgan fingerprint density at radius 2 is 1.90 bits per heavy atom. The highest BCUT2D eigenvalue weighted by atomic mass is 16.5. The summed E-state index contributed by atoms with van der Waals surface area (Å²) < 4.78 is 5.67. The van der Waals surface area contributed by atoms with Crippen molar-refractivity contribution in [3.63, 3.8) is 0 Å². The number of rotatable bonds is 10. The van der Waals surface area contributed by atoms with Crippen molar-refractivity contribution in [2.45, 2.75) is 59.8 Å². The molecule has 120 valence electrons. The van der Waals surface area contributed by atoms with E-state index in [0.29, 0.717) is 6.61 Å². The van der Waals surface area contributed by atoms with Crippen molar-refractivity contribution in [3.8, 4) is 5.75 Å². The summed E-state index contributed by atoms with van der Waals surface area (Å²) in [5, 5.41) is 3.49. The fraction of sp³-hybridized carbons (Fsp3) is 0.667. The van der Waals surface area contributed by atoms with E-state index in [1.807, 2.05) is 18.2 Å². The van der Waals surface area contributed by atoms with E-state index >= 15 is 0 Å². The predicted octanol–water partition coefficient (Wildman–Crippen LogP) is 5.08. The van der Waals surface area contributed by atoms with Crippen molar-refractivity contribution in [1.82, 2.24) is 0 Å². The zero-order valence-electron chi connectivity index (χ0n) is 14.2. The minimum atomic E-state index is 0.280. The number of benzene rings is 1. The molecular weight excluding hydrogens is 260 g/mol. The van der Waals surface area contributed by atoms with Crippen molar-refractivity contribution >= 4 is 11.4 Å². The number of nitrogen functional groups attached to an aromatic ring is 1. The summed E-state index contributed by atoms with van der Waals surface area (Å²) in [6.45, 7) is 10.6. The standard InChI is InChI=1S/C18H32N2O/c1-5-7-8-12-18(3,4)14-20-15-10-9-11-16(17(15)19)21-13-6-2/h9-11,20H,5-8,12-14,19H2,1-4H3. The molecule has 0 bridgehead atoms. The number of nitrogens with two attached hydrogens (primary N) is 1. The van der Waals surface area contributed by atoms with E-state index in [-0.39, 0.29) is 5.41 Å². The Morgan fingerprint density at radius 3 is 2.57 bits per heavy atom. The largest absolute Gasteiger partial charge is 0.491 e. The van der Waals surface area contributed by atoms with E-state index < -0.39 is 0 Å². The van der Waals surface area contributed by atoms with Gasteiger partial charge in [0.25, 0.3) is 0 Å². The van der Waals surface area contributed by atoms with Crippen LogP contribution in [0.4, 0.5) is 11.4 Å². The Morgan fingerprint density at radius 1 is 1.14 bits per heavy atom. The molecule has 3 heteroatoms. The first-order valence-corrected chi connectivity index (χ1v) is 8.25. The topological polar surface area (TPSA) is 47.3 Å². The summed E-state index contributed by atoms with van der Waals surface area (Å²) in [6.07, 6.45) is 6.10. The molecule has 1 aromatic rings. The smallest absolute Gasteiger partial charge is 0.144 e. The lowest BCUT2D eigenvalue weighted by molar-refractivity contribution is 0.319. The van der Waals surface area contributed by atoms with Gasteiger partial charge in [-0.05, 0) is 30.4 Å². The van der Waals surface area contributed by atoms with Gasteiger partial charge in [-0.15, -0.1) is 0 Å². The van der Waals surface area contributed by atoms with Crippen LogP contribution in [0.5, 0.6) is 5.75 Å². The number of unbranched alkanes of at least 4 members (excludes halogenated alkanes) is 2. The van der Waals surface area contributed by atoms with Gasteiger partial charge < -0.3 is 15.8 Å². The molecule has 3 nitrogen and oxygen atoms in total. The van der Waals surface area contributed by atoms with E-state index in [2.05, 4.69) is 33.0 Å². The van der Waals surface area contributed by atoms with Crippen LogP contribution in [0.15, 0.2) is 18.2 Å². The summed E-state index contributed by atoms with van der Waals surface area (Å²) in [7, 11) is 0. The SMILES string of the molecule is CCCCCC(C)(C)CNc1cccc(OCCC)c1N. The highest BCUT2D eigenvalue weighted by molar-refractivity contribution is 5.72. The van der Waals surface area contributed by atoms with E-state index in [1.165, 1.54) is 25.7 Å². The average Bonchev–Trinajstić information content (AvgIpc) is 2.45. The van der Waals surface area contributed by atoms with Gasteiger partial charge in [-0.1, -0.05) is 53.0 Å². The fourth-order valence-electron chi connectivity index (χ4n) is 2.31. The molecule has 0 aromatic heterocycles. The summed E-state index contributed by atoms with van der Waals surface area (Å²) >= 11 is 0. The molecule has 0 aliphatic carbocycles. The Hall–Kier alpha value is -1.38. The number of hydrogen-bond acceptors (Lipinski definition) is 3. The van der Waals surface area contributed by atoms with E-state index in [0.717, 1.165) is 30.1 Å². The average molecular weight is 292 g/mol. The first kappa shape index (κ1) is 17.7. The molecule has 0 heterocycles. The first-order chi connectivity index (χ1) is 10.00. The molecule has 0 saturated heterocycles. The molecule has 0 spiro atoms. The third-order valence-corrected chi connectivity index (χ3v) is 3.74. The number of nitrogens with one attached hydrogen (secondary N) is 1. The van der Waals surface area contributed by atoms with Gasteiger partial charge in [0.1, 0.15) is 5.75 Å². The molecule has 0 aliphatic rings. The highest BCUT2D eigenvalue weighted by Gasteiger charge is 2.17. The molecule has 0 aliphatic heterocycles. The quantitative estimate of drug-likeness (QED) is 0.467. The lowest BCUT2D eigenvalue weighted by Gasteiger charge is -2.26. The molecular formula is C18H32N2O. The second kappa shape index (κ2) is 8.81. The molecule has 21 heavy (non-hydrogen) atoms. The van der Waals surface area contributed by atoms with Crippen molar-refractivity contribution in [2.24, 2.45) is 5.41 Å². The number of anilines is 2. The van der Waals surface area contributed by atoms with Crippen LogP contribution in [0.25, 0.3) is 0 Å². The fourth-order valence-corrected chi connectivity index (χ4v) is 2.31. The maximum Gasteiger partial charge on any atom is 0.144 e. The van der Waals surface area contributed by atoms with E-state index in [4.69, 9.17) is 10.5 Å². The van der Waals surface area contributed by atoms with Gasteiger partial charge in [0.05, 0.1) is 18.0 Å². The van der Waals surface area contributed by atoms with Gasteiger partial charge >= 0.3 is 0 Å². The molecule has 0 amide bonds. The third kappa shape index (κ3) is 6.28. The van der Waals surface area contributed by atoms with Crippen molar-refractivity contribution in [1.29, 1.82) is 0 Å². The maximum atomic E-state index is 6.19. The van der Waals surface area contributed by atoms with Gasteiger partial charge in [0.15, 0.2) is 0 Å². The van der Waals surface area contributed by atoms with Gasteiger partial charge in [-0.25, -0.2) is 0 Å². The Balaban J connectivity index is 2.58. The Labute approximate surface area is 130 Å². The van der Waals surface area contributed by atoms with Crippen LogP contribution in [0.1, 0.15) is 59.8 Å². The predicted molar refractivity (Wildman–Crippen MR) is 93.1 cm³/mol. The normalized spacial score (nSPS) is 11.4. The van der Waals surface area contributed by atoms with Gasteiger partial charge in [0, 0.05) is 6.54 Å². The van der Waals surface area contributed by atoms with Crippen LogP contribution in [0, 0.1) is 5.41 Å². The first-order valence-electron chi connectivity index (χ1n) is 8.25. The monoisotopic (exact) mass is 292 g/mol. The third-order valence-electron chi connectivity index (χ3n) is 3.74. The van der Waals surface area contributed by atoms with Crippen LogP contribution < -0.4 is 15.8 Å². The molecule has 0 saturated carbocycles. The van der Waals surface area contributed by atoms with Gasteiger partial charge in [-0.3, -0.25) is 0 Å². The zero-order chi connectivity index (χ0) is 15.7. The lowest BCUT2D eigenvalue weighted by Crippen LogP contribution is -2.23. The minimum Gasteiger partial charge on any atom is -0.491 e. The second-order valence-electron chi connectivity index (χ2n) is 6.54. The number of para-hydroxylation sites is 1. The van der Waals surface area contributed by atoms with Crippen LogP contribution in [0.3, 0.4) is 0 Å². The minimum absolute atomic E-state index is 0.280. The molecule has 0 radical (unpaired) electrons. The molecule has 1 rings (SSSR count). The summed E-state index contributed by atoms with van der Waals surface area (Å²) in [5.41, 5.74) is 8.16. The van der Waals surface area contributed by atoms with Crippen LogP contribution >= 0.6 is 0 Å². The number of hydrogen-bond donors (Lipinski definition) is 2. The Bertz CT molecular complexity index is 416. The zero-order valence-corrected chi connectivity index (χ0v) is 14.2. The maximum absolute atomic E-state index is 6.19. The van der Waals surface area contributed by atoms with E-state index in [1.54, 1.807) is 0 Å². The summed E-state index contributed by atoms with van der Waals surface area (Å²) in [6, 6.07) is 5.95. The van der Waals surface area contributed by atoms with Crippen LogP contribution in [-0.2, 0) is 0 Å².